The predicted octanol–water partition coefficient (Wildman–Crippen LogP) is 3.93. The van der Waals surface area contributed by atoms with Crippen molar-refractivity contribution in [3.63, 3.8) is 0 Å². The van der Waals surface area contributed by atoms with Crippen molar-refractivity contribution in [1.82, 2.24) is 5.32 Å². The average molecular weight is 314 g/mol. The largest absolute Gasteiger partial charge is 0.367 e. The van der Waals surface area contributed by atoms with Crippen molar-refractivity contribution in [2.45, 2.75) is 37.5 Å². The fourth-order valence-electron chi connectivity index (χ4n) is 3.49. The van der Waals surface area contributed by atoms with Crippen LogP contribution in [-0.2, 0) is 17.6 Å². The fourth-order valence-corrected chi connectivity index (χ4v) is 3.62. The Hall–Kier alpha value is -1.35. The first-order valence-electron chi connectivity index (χ1n) is 8.00. The van der Waals surface area contributed by atoms with Crippen LogP contribution in [-0.4, -0.2) is 18.7 Å². The van der Waals surface area contributed by atoms with E-state index in [0.717, 1.165) is 30.8 Å². The second kappa shape index (κ2) is 6.04. The SMILES string of the molecule is Clc1ccc(CCc2ccc([C@H]3O[C@@H]4CN[C@H]3C4)cc2)cc1. The van der Waals surface area contributed by atoms with Crippen LogP contribution in [0.1, 0.15) is 29.2 Å². The smallest absolute Gasteiger partial charge is 0.0983 e. The summed E-state index contributed by atoms with van der Waals surface area (Å²) in [7, 11) is 0. The molecule has 0 radical (unpaired) electrons. The Kier molecular flexibility index (Phi) is 3.91. The molecule has 3 heteroatoms. The van der Waals surface area contributed by atoms with Gasteiger partial charge in [-0.25, -0.2) is 0 Å². The third-order valence-corrected chi connectivity index (χ3v) is 5.00. The van der Waals surface area contributed by atoms with Crippen molar-refractivity contribution in [2.24, 2.45) is 0 Å². The molecule has 22 heavy (non-hydrogen) atoms. The van der Waals surface area contributed by atoms with Gasteiger partial charge in [0.25, 0.3) is 0 Å². The van der Waals surface area contributed by atoms with Gasteiger partial charge in [-0.1, -0.05) is 48.0 Å². The molecule has 0 unspecified atom stereocenters. The van der Waals surface area contributed by atoms with Crippen LogP contribution in [0.5, 0.6) is 0 Å². The topological polar surface area (TPSA) is 21.3 Å². The van der Waals surface area contributed by atoms with E-state index in [4.69, 9.17) is 16.3 Å². The molecular formula is C19H20ClNO. The zero-order valence-corrected chi connectivity index (χ0v) is 13.2. The van der Waals surface area contributed by atoms with Crippen LogP contribution in [0.3, 0.4) is 0 Å². The van der Waals surface area contributed by atoms with Gasteiger partial charge in [0.1, 0.15) is 0 Å². The molecule has 2 aliphatic rings. The lowest BCUT2D eigenvalue weighted by molar-refractivity contribution is 0.0160. The van der Waals surface area contributed by atoms with E-state index in [1.54, 1.807) is 0 Å². The van der Waals surface area contributed by atoms with Crippen LogP contribution in [0.25, 0.3) is 0 Å². The average Bonchev–Trinajstić information content (AvgIpc) is 3.18. The Morgan fingerprint density at radius 1 is 0.955 bits per heavy atom. The quantitative estimate of drug-likeness (QED) is 0.923. The lowest BCUT2D eigenvalue weighted by Crippen LogP contribution is -2.33. The standard InChI is InChI=1S/C19H20ClNO/c20-16-9-5-14(6-10-16)2-1-13-3-7-15(8-4-13)19-18-11-17(22-19)12-21-18/h3-10,17-19,21H,1-2,11-12H2/t17-,18-,19+/m0/s1. The van der Waals surface area contributed by atoms with E-state index >= 15 is 0 Å². The van der Waals surface area contributed by atoms with Crippen molar-refractivity contribution < 1.29 is 4.74 Å². The van der Waals surface area contributed by atoms with Crippen LogP contribution < -0.4 is 5.32 Å². The van der Waals surface area contributed by atoms with Crippen molar-refractivity contribution in [3.05, 3.63) is 70.2 Å². The van der Waals surface area contributed by atoms with Gasteiger partial charge in [-0.3, -0.25) is 0 Å². The molecule has 4 rings (SSSR count). The second-order valence-electron chi connectivity index (χ2n) is 6.30. The molecular weight excluding hydrogens is 294 g/mol. The predicted molar refractivity (Wildman–Crippen MR) is 89.3 cm³/mol. The maximum Gasteiger partial charge on any atom is 0.0983 e. The zero-order valence-electron chi connectivity index (χ0n) is 12.5. The molecule has 2 bridgehead atoms. The van der Waals surface area contributed by atoms with Crippen LogP contribution >= 0.6 is 11.6 Å². The van der Waals surface area contributed by atoms with Gasteiger partial charge in [-0.15, -0.1) is 0 Å². The molecule has 2 aromatic rings. The Morgan fingerprint density at radius 2 is 1.59 bits per heavy atom. The van der Waals surface area contributed by atoms with Gasteiger partial charge in [0.05, 0.1) is 12.2 Å². The monoisotopic (exact) mass is 313 g/mol. The molecule has 2 fully saturated rings. The lowest BCUT2D eigenvalue weighted by atomic mass is 9.99. The molecule has 2 nitrogen and oxygen atoms in total. The van der Waals surface area contributed by atoms with Crippen molar-refractivity contribution in [3.8, 4) is 0 Å². The van der Waals surface area contributed by atoms with Crippen LogP contribution in [0.2, 0.25) is 5.02 Å². The van der Waals surface area contributed by atoms with E-state index in [0.29, 0.717) is 12.1 Å². The maximum absolute atomic E-state index is 6.05. The van der Waals surface area contributed by atoms with Crippen LogP contribution in [0.4, 0.5) is 0 Å². The Labute approximate surface area is 136 Å². The molecule has 114 valence electrons. The third-order valence-electron chi connectivity index (χ3n) is 4.75. The molecule has 1 N–H and O–H groups in total. The highest BCUT2D eigenvalue weighted by molar-refractivity contribution is 6.30. The third kappa shape index (κ3) is 2.91. The normalized spacial score (nSPS) is 26.5. The molecule has 0 amide bonds. The summed E-state index contributed by atoms with van der Waals surface area (Å²) in [6.07, 6.45) is 3.91. The van der Waals surface area contributed by atoms with E-state index in [2.05, 4.69) is 41.7 Å². The second-order valence-corrected chi connectivity index (χ2v) is 6.73. The molecule has 3 atom stereocenters. The van der Waals surface area contributed by atoms with Gasteiger partial charge in [0.15, 0.2) is 0 Å². The summed E-state index contributed by atoms with van der Waals surface area (Å²) in [5.74, 6) is 0. The summed E-state index contributed by atoms with van der Waals surface area (Å²) in [5.41, 5.74) is 4.00. The van der Waals surface area contributed by atoms with E-state index in [1.165, 1.54) is 16.7 Å². The lowest BCUT2D eigenvalue weighted by Gasteiger charge is -2.23. The minimum absolute atomic E-state index is 0.240. The molecule has 2 aromatic carbocycles. The summed E-state index contributed by atoms with van der Waals surface area (Å²) in [5, 5.41) is 4.33. The molecule has 0 aromatic heterocycles. The van der Waals surface area contributed by atoms with Crippen molar-refractivity contribution >= 4 is 11.6 Å². The highest BCUT2D eigenvalue weighted by Crippen LogP contribution is 2.36. The van der Waals surface area contributed by atoms with Crippen LogP contribution in [0, 0.1) is 0 Å². The summed E-state index contributed by atoms with van der Waals surface area (Å²) in [6, 6.07) is 17.6. The highest BCUT2D eigenvalue weighted by atomic mass is 35.5. The minimum atomic E-state index is 0.240. The van der Waals surface area contributed by atoms with Gasteiger partial charge >= 0.3 is 0 Å². The maximum atomic E-state index is 6.05. The van der Waals surface area contributed by atoms with E-state index in [-0.39, 0.29) is 6.10 Å². The van der Waals surface area contributed by atoms with Crippen molar-refractivity contribution in [1.29, 1.82) is 0 Å². The fraction of sp³-hybridized carbons (Fsp3) is 0.368. The Morgan fingerprint density at radius 3 is 2.14 bits per heavy atom. The summed E-state index contributed by atoms with van der Waals surface area (Å²) >= 11 is 5.92. The minimum Gasteiger partial charge on any atom is -0.367 e. The van der Waals surface area contributed by atoms with Crippen LogP contribution in [0.15, 0.2) is 48.5 Å². The molecule has 0 saturated carbocycles. The highest BCUT2D eigenvalue weighted by Gasteiger charge is 2.41. The molecule has 2 aliphatic heterocycles. The Bertz CT molecular complexity index is 637. The number of rotatable bonds is 4. The van der Waals surface area contributed by atoms with Gasteiger partial charge < -0.3 is 10.1 Å². The zero-order chi connectivity index (χ0) is 14.9. The number of aryl methyl sites for hydroxylation is 2. The number of benzene rings is 2. The van der Waals surface area contributed by atoms with Gasteiger partial charge in [-0.05, 0) is 48.1 Å². The summed E-state index contributed by atoms with van der Waals surface area (Å²) in [4.78, 5) is 0. The number of halogens is 1. The van der Waals surface area contributed by atoms with E-state index < -0.39 is 0 Å². The first kappa shape index (κ1) is 14.3. The number of ether oxygens (including phenoxy) is 1. The molecule has 2 saturated heterocycles. The first-order chi connectivity index (χ1) is 10.8. The van der Waals surface area contributed by atoms with Gasteiger partial charge in [0, 0.05) is 17.6 Å². The number of hydrogen-bond acceptors (Lipinski definition) is 2. The number of fused-ring (bicyclic) bond motifs is 2. The number of hydrogen-bond donors (Lipinski definition) is 1. The molecule has 2 heterocycles. The van der Waals surface area contributed by atoms with Crippen molar-refractivity contribution in [2.75, 3.05) is 6.54 Å². The van der Waals surface area contributed by atoms with Gasteiger partial charge in [-0.2, -0.15) is 0 Å². The first-order valence-corrected chi connectivity index (χ1v) is 8.38. The van der Waals surface area contributed by atoms with E-state index in [1.807, 2.05) is 12.1 Å². The molecule has 0 aliphatic carbocycles. The number of nitrogens with one attached hydrogen (secondary N) is 1. The Balaban J connectivity index is 1.38. The van der Waals surface area contributed by atoms with E-state index in [9.17, 15) is 0 Å². The summed E-state index contributed by atoms with van der Waals surface area (Å²) < 4.78 is 6.05. The van der Waals surface area contributed by atoms with Gasteiger partial charge in [0.2, 0.25) is 0 Å². The number of morpholine rings is 1. The summed E-state index contributed by atoms with van der Waals surface area (Å²) in [6.45, 7) is 1.01. The molecule has 0 spiro atoms.